The number of ether oxygens (including phenoxy) is 2. The molecule has 0 aromatic heterocycles. The third kappa shape index (κ3) is 4.83. The minimum absolute atomic E-state index is 0.0161. The molecule has 182 valence electrons. The van der Waals surface area contributed by atoms with Crippen LogP contribution < -0.4 is 9.47 Å². The number of benzene rings is 2. The van der Waals surface area contributed by atoms with Crippen molar-refractivity contribution in [3.63, 3.8) is 0 Å². The van der Waals surface area contributed by atoms with Crippen LogP contribution in [0, 0.1) is 0 Å². The number of methoxy groups -OCH3 is 2. The molecule has 0 aliphatic carbocycles. The summed E-state index contributed by atoms with van der Waals surface area (Å²) in [5, 5.41) is 21.7. The van der Waals surface area contributed by atoms with E-state index in [2.05, 4.69) is 4.90 Å². The van der Waals surface area contributed by atoms with Crippen molar-refractivity contribution in [3.05, 3.63) is 58.1 Å². The van der Waals surface area contributed by atoms with Crippen LogP contribution >= 0.6 is 11.6 Å². The van der Waals surface area contributed by atoms with Crippen LogP contribution in [0.4, 0.5) is 0 Å². The molecule has 0 spiro atoms. The van der Waals surface area contributed by atoms with Crippen molar-refractivity contribution in [2.75, 3.05) is 40.4 Å². The third-order valence-electron chi connectivity index (χ3n) is 6.01. The SMILES string of the molecule is CCN(CC)CCN1C(=O)C(=O)/C(=C(/O)c2cc(OC)c(Cl)cc2OC)C1c1cccc(O)c1. The average molecular weight is 489 g/mol. The number of hydrogen-bond donors (Lipinski definition) is 2. The van der Waals surface area contributed by atoms with Gasteiger partial charge in [-0.2, -0.15) is 0 Å². The highest BCUT2D eigenvalue weighted by molar-refractivity contribution is 6.46. The zero-order valence-corrected chi connectivity index (χ0v) is 20.4. The molecule has 8 nitrogen and oxygen atoms in total. The van der Waals surface area contributed by atoms with Gasteiger partial charge in [0.05, 0.1) is 36.4 Å². The molecule has 2 N–H and O–H groups in total. The van der Waals surface area contributed by atoms with Gasteiger partial charge >= 0.3 is 0 Å². The van der Waals surface area contributed by atoms with Gasteiger partial charge in [0.15, 0.2) is 0 Å². The molecule has 2 aromatic carbocycles. The second-order valence-corrected chi connectivity index (χ2v) is 8.21. The number of phenolic OH excluding ortho intramolecular Hbond substituents is 1. The Kier molecular flexibility index (Phi) is 8.06. The number of hydrogen-bond acceptors (Lipinski definition) is 7. The summed E-state index contributed by atoms with van der Waals surface area (Å²) in [5.74, 6) is -1.48. The van der Waals surface area contributed by atoms with E-state index in [0.717, 1.165) is 13.1 Å². The van der Waals surface area contributed by atoms with E-state index < -0.39 is 23.5 Å². The number of aromatic hydroxyl groups is 1. The highest BCUT2D eigenvalue weighted by Gasteiger charge is 2.46. The summed E-state index contributed by atoms with van der Waals surface area (Å²) in [6.07, 6.45) is 0. The number of halogens is 1. The van der Waals surface area contributed by atoms with Gasteiger partial charge < -0.3 is 29.5 Å². The van der Waals surface area contributed by atoms with Gasteiger partial charge in [-0.15, -0.1) is 0 Å². The van der Waals surface area contributed by atoms with E-state index in [1.807, 2.05) is 13.8 Å². The van der Waals surface area contributed by atoms with E-state index in [0.29, 0.717) is 12.1 Å². The van der Waals surface area contributed by atoms with Crippen LogP contribution in [0.1, 0.15) is 31.0 Å². The maximum Gasteiger partial charge on any atom is 0.295 e. The molecule has 0 bridgehead atoms. The van der Waals surface area contributed by atoms with E-state index in [1.54, 1.807) is 12.1 Å². The number of amides is 1. The molecule has 1 saturated heterocycles. The van der Waals surface area contributed by atoms with Crippen molar-refractivity contribution in [3.8, 4) is 17.2 Å². The topological polar surface area (TPSA) is 99.5 Å². The van der Waals surface area contributed by atoms with Crippen molar-refractivity contribution >= 4 is 29.1 Å². The zero-order valence-electron chi connectivity index (χ0n) is 19.7. The summed E-state index contributed by atoms with van der Waals surface area (Å²) in [7, 11) is 2.83. The molecule has 3 rings (SSSR count). The van der Waals surface area contributed by atoms with Crippen LogP contribution in [0.25, 0.3) is 5.76 Å². The molecular formula is C25H29ClN2O6. The minimum Gasteiger partial charge on any atom is -0.508 e. The van der Waals surface area contributed by atoms with Crippen LogP contribution in [0.15, 0.2) is 42.0 Å². The van der Waals surface area contributed by atoms with E-state index >= 15 is 0 Å². The molecule has 1 amide bonds. The lowest BCUT2D eigenvalue weighted by Gasteiger charge is -2.28. The van der Waals surface area contributed by atoms with Crippen LogP contribution in [-0.2, 0) is 9.59 Å². The normalized spacial score (nSPS) is 17.5. The summed E-state index contributed by atoms with van der Waals surface area (Å²) in [5.41, 5.74) is 0.564. The summed E-state index contributed by atoms with van der Waals surface area (Å²) >= 11 is 6.20. The molecule has 1 fully saturated rings. The average Bonchev–Trinajstić information content (AvgIpc) is 3.09. The Morgan fingerprint density at radius 3 is 2.35 bits per heavy atom. The van der Waals surface area contributed by atoms with E-state index in [1.165, 1.54) is 43.4 Å². The first-order valence-corrected chi connectivity index (χ1v) is 11.4. The number of Topliss-reactive ketones (excluding diaryl/α,β-unsaturated/α-hetero) is 1. The molecule has 1 atom stereocenters. The first-order chi connectivity index (χ1) is 16.3. The van der Waals surface area contributed by atoms with E-state index in [9.17, 15) is 19.8 Å². The van der Waals surface area contributed by atoms with E-state index in [-0.39, 0.29) is 40.0 Å². The van der Waals surface area contributed by atoms with Crippen LogP contribution in [0.2, 0.25) is 5.02 Å². The molecule has 34 heavy (non-hydrogen) atoms. The maximum atomic E-state index is 13.2. The van der Waals surface area contributed by atoms with Gasteiger partial charge in [-0.3, -0.25) is 9.59 Å². The fraction of sp³-hybridized carbons (Fsp3) is 0.360. The quantitative estimate of drug-likeness (QED) is 0.314. The zero-order chi connectivity index (χ0) is 25.0. The van der Waals surface area contributed by atoms with Crippen molar-refractivity contribution in [1.29, 1.82) is 0 Å². The van der Waals surface area contributed by atoms with Gasteiger partial charge in [-0.25, -0.2) is 0 Å². The van der Waals surface area contributed by atoms with Crippen molar-refractivity contribution in [2.24, 2.45) is 0 Å². The van der Waals surface area contributed by atoms with Crippen LogP contribution in [0.5, 0.6) is 17.2 Å². The molecule has 0 saturated carbocycles. The predicted molar refractivity (Wildman–Crippen MR) is 129 cm³/mol. The van der Waals surface area contributed by atoms with Gasteiger partial charge in [-0.05, 0) is 36.9 Å². The molecule has 1 heterocycles. The molecule has 1 aliphatic rings. The second-order valence-electron chi connectivity index (χ2n) is 7.80. The number of ketones is 1. The third-order valence-corrected chi connectivity index (χ3v) is 6.30. The van der Waals surface area contributed by atoms with Gasteiger partial charge in [0.2, 0.25) is 0 Å². The standard InChI is InChI=1S/C25H29ClN2O6/c1-5-27(6-2)10-11-28-22(15-8-7-9-16(29)12-15)21(24(31)25(28)32)23(30)17-13-20(34-4)18(26)14-19(17)33-3/h7-9,12-14,22,29-30H,5-6,10-11H2,1-4H3/b23-21+. The fourth-order valence-electron chi connectivity index (χ4n) is 4.13. The second kappa shape index (κ2) is 10.8. The Labute approximate surface area is 203 Å². The number of likely N-dealkylation sites (N-methyl/N-ethyl adjacent to an activating group) is 1. The Bertz CT molecular complexity index is 1110. The number of rotatable bonds is 9. The smallest absolute Gasteiger partial charge is 0.295 e. The number of likely N-dealkylation sites (tertiary alicyclic amines) is 1. The maximum absolute atomic E-state index is 13.2. The highest BCUT2D eigenvalue weighted by atomic mass is 35.5. The lowest BCUT2D eigenvalue weighted by atomic mass is 9.94. The molecule has 9 heteroatoms. The minimum atomic E-state index is -0.894. The van der Waals surface area contributed by atoms with Gasteiger partial charge in [-0.1, -0.05) is 37.6 Å². The largest absolute Gasteiger partial charge is 0.508 e. The Hall–Kier alpha value is -3.23. The van der Waals surface area contributed by atoms with Crippen LogP contribution in [0.3, 0.4) is 0 Å². The fourth-order valence-corrected chi connectivity index (χ4v) is 4.36. The van der Waals surface area contributed by atoms with E-state index in [4.69, 9.17) is 21.1 Å². The summed E-state index contributed by atoms with van der Waals surface area (Å²) in [6, 6.07) is 8.34. The van der Waals surface area contributed by atoms with Crippen molar-refractivity contribution < 1.29 is 29.3 Å². The van der Waals surface area contributed by atoms with Crippen molar-refractivity contribution in [1.82, 2.24) is 9.80 Å². The monoisotopic (exact) mass is 488 g/mol. The number of phenols is 1. The van der Waals surface area contributed by atoms with Gasteiger partial charge in [0.25, 0.3) is 11.7 Å². The van der Waals surface area contributed by atoms with Gasteiger partial charge in [0.1, 0.15) is 23.0 Å². The first-order valence-electron chi connectivity index (χ1n) is 11.0. The molecule has 1 aliphatic heterocycles. The molecule has 2 aromatic rings. The highest BCUT2D eigenvalue weighted by Crippen LogP contribution is 2.43. The first kappa shape index (κ1) is 25.4. The Morgan fingerprint density at radius 1 is 1.09 bits per heavy atom. The molecule has 1 unspecified atom stereocenters. The number of carbonyl (C=O) groups excluding carboxylic acids is 2. The number of nitrogens with zero attached hydrogens (tertiary/aromatic N) is 2. The Balaban J connectivity index is 2.20. The lowest BCUT2D eigenvalue weighted by Crippen LogP contribution is -2.38. The summed E-state index contributed by atoms with van der Waals surface area (Å²) < 4.78 is 10.6. The van der Waals surface area contributed by atoms with Crippen LogP contribution in [-0.4, -0.2) is 72.1 Å². The molecular weight excluding hydrogens is 460 g/mol. The predicted octanol–water partition coefficient (Wildman–Crippen LogP) is 3.83. The Morgan fingerprint density at radius 2 is 1.76 bits per heavy atom. The summed E-state index contributed by atoms with van der Waals surface area (Å²) in [6.45, 7) is 6.44. The lowest BCUT2D eigenvalue weighted by molar-refractivity contribution is -0.140. The van der Waals surface area contributed by atoms with Crippen molar-refractivity contribution in [2.45, 2.75) is 19.9 Å². The summed E-state index contributed by atoms with van der Waals surface area (Å²) in [4.78, 5) is 29.9. The number of aliphatic hydroxyl groups is 1. The number of carbonyl (C=O) groups is 2. The molecule has 0 radical (unpaired) electrons. The van der Waals surface area contributed by atoms with Gasteiger partial charge in [0, 0.05) is 19.2 Å². The number of aliphatic hydroxyl groups excluding tert-OH is 1.